The minimum atomic E-state index is 0.0465. The summed E-state index contributed by atoms with van der Waals surface area (Å²) in [6.07, 6.45) is 3.52. The lowest BCUT2D eigenvalue weighted by Gasteiger charge is -2.34. The van der Waals surface area contributed by atoms with Gasteiger partial charge in [-0.05, 0) is 22.4 Å². The molecule has 0 atom stereocenters. The van der Waals surface area contributed by atoms with Crippen LogP contribution >= 0.6 is 0 Å². The molecule has 0 aliphatic carbocycles. The van der Waals surface area contributed by atoms with Crippen molar-refractivity contribution in [3.63, 3.8) is 0 Å². The number of fused-ring (bicyclic) bond motifs is 1. The maximum atomic E-state index is 13.0. The van der Waals surface area contributed by atoms with Crippen molar-refractivity contribution in [3.8, 4) is 0 Å². The van der Waals surface area contributed by atoms with Crippen molar-refractivity contribution < 1.29 is 9.90 Å². The summed E-state index contributed by atoms with van der Waals surface area (Å²) in [5.41, 5.74) is 1.98. The summed E-state index contributed by atoms with van der Waals surface area (Å²) in [7, 11) is 0. The van der Waals surface area contributed by atoms with Crippen molar-refractivity contribution in [3.05, 3.63) is 41.7 Å². The number of carbonyl (C=O) groups is 1. The van der Waals surface area contributed by atoms with Crippen molar-refractivity contribution in [2.75, 3.05) is 39.3 Å². The van der Waals surface area contributed by atoms with E-state index in [1.165, 1.54) is 5.56 Å². The molecule has 1 aliphatic heterocycles. The van der Waals surface area contributed by atoms with Gasteiger partial charge in [0.25, 0.3) is 5.91 Å². The molecule has 1 amide bonds. The van der Waals surface area contributed by atoms with E-state index in [0.29, 0.717) is 25.2 Å². The molecule has 1 aromatic carbocycles. The SMILES string of the molecule is CC(C)(C)c1ccc2c(C(=O)N3CCN(CCO)CC3)cncc2c1. The topological polar surface area (TPSA) is 56.7 Å². The number of piperazine rings is 1. The van der Waals surface area contributed by atoms with Crippen LogP contribution in [0.15, 0.2) is 30.6 Å². The number of amides is 1. The van der Waals surface area contributed by atoms with E-state index in [4.69, 9.17) is 5.11 Å². The molecule has 2 aromatic rings. The molecule has 0 unspecified atom stereocenters. The molecule has 0 saturated carbocycles. The Morgan fingerprint density at radius 3 is 2.52 bits per heavy atom. The quantitative estimate of drug-likeness (QED) is 0.931. The molecule has 5 nitrogen and oxygen atoms in total. The summed E-state index contributed by atoms with van der Waals surface area (Å²) in [4.78, 5) is 21.4. The highest BCUT2D eigenvalue weighted by molar-refractivity contribution is 6.06. The Morgan fingerprint density at radius 2 is 1.88 bits per heavy atom. The first kappa shape index (κ1) is 17.8. The molecule has 0 radical (unpaired) electrons. The van der Waals surface area contributed by atoms with E-state index >= 15 is 0 Å². The summed E-state index contributed by atoms with van der Waals surface area (Å²) in [5.74, 6) is 0.0465. The lowest BCUT2D eigenvalue weighted by atomic mass is 9.86. The largest absolute Gasteiger partial charge is 0.395 e. The predicted octanol–water partition coefficient (Wildman–Crippen LogP) is 2.28. The maximum absolute atomic E-state index is 13.0. The smallest absolute Gasteiger partial charge is 0.256 e. The second-order valence-electron chi connectivity index (χ2n) is 7.73. The minimum absolute atomic E-state index is 0.0465. The van der Waals surface area contributed by atoms with Gasteiger partial charge in [-0.2, -0.15) is 0 Å². The number of aliphatic hydroxyl groups excluding tert-OH is 1. The van der Waals surface area contributed by atoms with Crippen molar-refractivity contribution in [2.24, 2.45) is 0 Å². The fraction of sp³-hybridized carbons (Fsp3) is 0.500. The van der Waals surface area contributed by atoms with Gasteiger partial charge in [-0.15, -0.1) is 0 Å². The van der Waals surface area contributed by atoms with Crippen LogP contribution in [0.2, 0.25) is 0 Å². The number of β-amino-alcohol motifs (C(OH)–C–C–N with tert-alkyl or cyclic N) is 1. The zero-order chi connectivity index (χ0) is 18.0. The number of nitrogens with zero attached hydrogens (tertiary/aromatic N) is 3. The number of aliphatic hydroxyl groups is 1. The molecule has 0 bridgehead atoms. The Balaban J connectivity index is 1.85. The summed E-state index contributed by atoms with van der Waals surface area (Å²) in [5, 5.41) is 11.0. The van der Waals surface area contributed by atoms with Crippen LogP contribution in [0.5, 0.6) is 0 Å². The van der Waals surface area contributed by atoms with Crippen LogP contribution in [0.4, 0.5) is 0 Å². The average molecular weight is 341 g/mol. The molecular formula is C20H27N3O2. The molecule has 1 aromatic heterocycles. The molecule has 1 aliphatic rings. The fourth-order valence-corrected chi connectivity index (χ4v) is 3.30. The molecule has 1 saturated heterocycles. The first-order valence-electron chi connectivity index (χ1n) is 8.91. The number of aromatic nitrogens is 1. The first-order valence-corrected chi connectivity index (χ1v) is 8.91. The number of carbonyl (C=O) groups excluding carboxylic acids is 1. The Hall–Kier alpha value is -1.98. The Kier molecular flexibility index (Phi) is 5.06. The summed E-state index contributed by atoms with van der Waals surface area (Å²) < 4.78 is 0. The first-order chi connectivity index (χ1) is 11.9. The van der Waals surface area contributed by atoms with E-state index in [2.05, 4.69) is 42.8 Å². The number of benzene rings is 1. The van der Waals surface area contributed by atoms with E-state index in [1.807, 2.05) is 17.2 Å². The summed E-state index contributed by atoms with van der Waals surface area (Å²) >= 11 is 0. The van der Waals surface area contributed by atoms with Crippen molar-refractivity contribution in [1.82, 2.24) is 14.8 Å². The molecule has 3 rings (SSSR count). The van der Waals surface area contributed by atoms with E-state index in [0.717, 1.165) is 23.9 Å². The fourth-order valence-electron chi connectivity index (χ4n) is 3.30. The number of hydrogen-bond donors (Lipinski definition) is 1. The second-order valence-corrected chi connectivity index (χ2v) is 7.73. The molecule has 5 heteroatoms. The van der Waals surface area contributed by atoms with Gasteiger partial charge >= 0.3 is 0 Å². The monoisotopic (exact) mass is 341 g/mol. The standard InChI is InChI=1S/C20H27N3O2/c1-20(2,3)16-4-5-17-15(12-16)13-21-14-18(17)19(25)23-8-6-22(7-9-23)10-11-24/h4-5,12-14,24H,6-11H2,1-3H3. The van der Waals surface area contributed by atoms with Gasteiger partial charge in [-0.25, -0.2) is 0 Å². The summed E-state index contributed by atoms with van der Waals surface area (Å²) in [6.45, 7) is 10.4. The van der Waals surface area contributed by atoms with Crippen LogP contribution in [-0.4, -0.2) is 65.1 Å². The summed E-state index contributed by atoms with van der Waals surface area (Å²) in [6, 6.07) is 6.30. The minimum Gasteiger partial charge on any atom is -0.395 e. The molecule has 134 valence electrons. The lowest BCUT2D eigenvalue weighted by Crippen LogP contribution is -2.49. The Bertz CT molecular complexity index is 759. The zero-order valence-electron chi connectivity index (χ0n) is 15.3. The van der Waals surface area contributed by atoms with Crippen LogP contribution in [0.3, 0.4) is 0 Å². The Labute approximate surface area is 149 Å². The van der Waals surface area contributed by atoms with Crippen LogP contribution in [0.1, 0.15) is 36.7 Å². The van der Waals surface area contributed by atoms with Gasteiger partial charge in [-0.1, -0.05) is 32.9 Å². The molecule has 1 N–H and O–H groups in total. The highest BCUT2D eigenvalue weighted by Crippen LogP contribution is 2.27. The lowest BCUT2D eigenvalue weighted by molar-refractivity contribution is 0.0616. The second kappa shape index (κ2) is 7.10. The van der Waals surface area contributed by atoms with Gasteiger partial charge < -0.3 is 10.0 Å². The van der Waals surface area contributed by atoms with E-state index < -0.39 is 0 Å². The molecule has 1 fully saturated rings. The van der Waals surface area contributed by atoms with Crippen LogP contribution in [0, 0.1) is 0 Å². The molecule has 2 heterocycles. The number of rotatable bonds is 3. The molecule has 25 heavy (non-hydrogen) atoms. The average Bonchev–Trinajstić information content (AvgIpc) is 2.60. The third kappa shape index (κ3) is 3.83. The third-order valence-electron chi connectivity index (χ3n) is 4.93. The van der Waals surface area contributed by atoms with Gasteiger partial charge in [0.1, 0.15) is 0 Å². The normalized spacial score (nSPS) is 16.4. The van der Waals surface area contributed by atoms with Crippen LogP contribution < -0.4 is 0 Å². The van der Waals surface area contributed by atoms with Gasteiger partial charge in [-0.3, -0.25) is 14.7 Å². The molecular weight excluding hydrogens is 314 g/mol. The molecule has 0 spiro atoms. The van der Waals surface area contributed by atoms with E-state index in [1.54, 1.807) is 6.20 Å². The predicted molar refractivity (Wildman–Crippen MR) is 99.9 cm³/mol. The van der Waals surface area contributed by atoms with Crippen molar-refractivity contribution in [1.29, 1.82) is 0 Å². The maximum Gasteiger partial charge on any atom is 0.256 e. The van der Waals surface area contributed by atoms with Gasteiger partial charge in [0.2, 0.25) is 0 Å². The van der Waals surface area contributed by atoms with E-state index in [-0.39, 0.29) is 17.9 Å². The van der Waals surface area contributed by atoms with Crippen molar-refractivity contribution >= 4 is 16.7 Å². The van der Waals surface area contributed by atoms with Gasteiger partial charge in [0, 0.05) is 50.5 Å². The Morgan fingerprint density at radius 1 is 1.16 bits per heavy atom. The third-order valence-corrected chi connectivity index (χ3v) is 4.93. The van der Waals surface area contributed by atoms with Crippen molar-refractivity contribution in [2.45, 2.75) is 26.2 Å². The highest BCUT2D eigenvalue weighted by atomic mass is 16.3. The highest BCUT2D eigenvalue weighted by Gasteiger charge is 2.23. The van der Waals surface area contributed by atoms with Crippen LogP contribution in [-0.2, 0) is 5.41 Å². The zero-order valence-corrected chi connectivity index (χ0v) is 15.3. The van der Waals surface area contributed by atoms with E-state index in [9.17, 15) is 4.79 Å². The number of hydrogen-bond acceptors (Lipinski definition) is 4. The number of pyridine rings is 1. The van der Waals surface area contributed by atoms with Gasteiger partial charge in [0.05, 0.1) is 12.2 Å². The van der Waals surface area contributed by atoms with Crippen LogP contribution in [0.25, 0.3) is 10.8 Å². The van der Waals surface area contributed by atoms with Gasteiger partial charge in [0.15, 0.2) is 0 Å².